The molecule has 2 N–H and O–H groups in total. The predicted octanol–water partition coefficient (Wildman–Crippen LogP) is 5.61. The van der Waals surface area contributed by atoms with Gasteiger partial charge in [0, 0.05) is 5.69 Å². The first-order valence-electron chi connectivity index (χ1n) is 10.8. The molecule has 0 spiro atoms. The zero-order valence-corrected chi connectivity index (χ0v) is 19.8. The zero-order valence-electron chi connectivity index (χ0n) is 19.0. The van der Waals surface area contributed by atoms with Gasteiger partial charge in [-0.25, -0.2) is 8.42 Å². The van der Waals surface area contributed by atoms with Crippen LogP contribution in [0.1, 0.15) is 5.56 Å². The van der Waals surface area contributed by atoms with Gasteiger partial charge in [0.2, 0.25) is 0 Å². The highest BCUT2D eigenvalue weighted by Crippen LogP contribution is 2.23. The molecule has 0 aromatic heterocycles. The normalized spacial score (nSPS) is 10.9. The molecule has 4 aromatic carbocycles. The Morgan fingerprint density at radius 3 is 2.03 bits per heavy atom. The van der Waals surface area contributed by atoms with Crippen LogP contribution in [0.2, 0.25) is 0 Å². The third kappa shape index (κ3) is 6.61. The van der Waals surface area contributed by atoms with Crippen molar-refractivity contribution in [1.29, 1.82) is 0 Å². The summed E-state index contributed by atoms with van der Waals surface area (Å²) in [5, 5.41) is 2.75. The lowest BCUT2D eigenvalue weighted by molar-refractivity contribution is -0.118. The van der Waals surface area contributed by atoms with E-state index >= 15 is 0 Å². The number of carbonyl (C=O) groups is 1. The van der Waals surface area contributed by atoms with Gasteiger partial charge in [-0.3, -0.25) is 9.52 Å². The van der Waals surface area contributed by atoms with Crippen LogP contribution in [0.15, 0.2) is 108 Å². The van der Waals surface area contributed by atoms with Gasteiger partial charge in [-0.05, 0) is 79.2 Å². The topological polar surface area (TPSA) is 93.7 Å². The molecule has 4 aromatic rings. The molecule has 0 atom stereocenters. The van der Waals surface area contributed by atoms with Crippen LogP contribution in [0.5, 0.6) is 17.2 Å². The van der Waals surface area contributed by atoms with Crippen LogP contribution in [0, 0.1) is 6.92 Å². The van der Waals surface area contributed by atoms with E-state index in [0.717, 1.165) is 11.3 Å². The Morgan fingerprint density at radius 2 is 1.34 bits per heavy atom. The van der Waals surface area contributed by atoms with E-state index in [4.69, 9.17) is 9.47 Å². The Bertz CT molecular complexity index is 1390. The fourth-order valence-electron chi connectivity index (χ4n) is 3.18. The second-order valence-electron chi connectivity index (χ2n) is 7.67. The summed E-state index contributed by atoms with van der Waals surface area (Å²) >= 11 is 0. The van der Waals surface area contributed by atoms with Gasteiger partial charge in [0.25, 0.3) is 15.9 Å². The van der Waals surface area contributed by atoms with E-state index in [1.165, 1.54) is 24.3 Å². The first-order chi connectivity index (χ1) is 16.9. The van der Waals surface area contributed by atoms with E-state index < -0.39 is 10.0 Å². The maximum Gasteiger partial charge on any atom is 0.262 e. The second kappa shape index (κ2) is 10.8. The molecular weight excluding hydrogens is 464 g/mol. The van der Waals surface area contributed by atoms with Crippen molar-refractivity contribution in [3.63, 3.8) is 0 Å². The summed E-state index contributed by atoms with van der Waals surface area (Å²) in [4.78, 5) is 12.3. The Labute approximate surface area is 204 Å². The summed E-state index contributed by atoms with van der Waals surface area (Å²) in [6.07, 6.45) is 0. The van der Waals surface area contributed by atoms with Crippen LogP contribution >= 0.6 is 0 Å². The Morgan fingerprint density at radius 1 is 0.743 bits per heavy atom. The van der Waals surface area contributed by atoms with E-state index in [1.54, 1.807) is 36.4 Å². The number of rotatable bonds is 9. The lowest BCUT2D eigenvalue weighted by atomic mass is 10.2. The molecule has 0 bridgehead atoms. The lowest BCUT2D eigenvalue weighted by Gasteiger charge is -2.11. The number of anilines is 2. The Hall–Kier alpha value is -4.30. The number of hydrogen-bond donors (Lipinski definition) is 2. The van der Waals surface area contributed by atoms with Gasteiger partial charge in [-0.1, -0.05) is 36.4 Å². The fourth-order valence-corrected chi connectivity index (χ4v) is 4.31. The molecule has 35 heavy (non-hydrogen) atoms. The first kappa shape index (κ1) is 23.8. The number of aryl methyl sites for hydroxylation is 1. The number of hydrogen-bond acceptors (Lipinski definition) is 5. The summed E-state index contributed by atoms with van der Waals surface area (Å²) in [5.74, 6) is 1.40. The van der Waals surface area contributed by atoms with Crippen LogP contribution in [-0.2, 0) is 14.8 Å². The lowest BCUT2D eigenvalue weighted by Crippen LogP contribution is -2.20. The molecule has 0 aliphatic heterocycles. The second-order valence-corrected chi connectivity index (χ2v) is 9.35. The maximum absolute atomic E-state index is 12.6. The molecule has 0 saturated carbocycles. The third-order valence-corrected chi connectivity index (χ3v) is 6.39. The van der Waals surface area contributed by atoms with Gasteiger partial charge in [-0.15, -0.1) is 0 Å². The van der Waals surface area contributed by atoms with Crippen molar-refractivity contribution < 1.29 is 22.7 Å². The van der Waals surface area contributed by atoms with Crippen molar-refractivity contribution in [3.8, 4) is 17.2 Å². The Balaban J connectivity index is 1.28. The molecule has 0 fully saturated rings. The average molecular weight is 489 g/mol. The van der Waals surface area contributed by atoms with Crippen molar-refractivity contribution in [1.82, 2.24) is 0 Å². The maximum atomic E-state index is 12.6. The van der Waals surface area contributed by atoms with Crippen LogP contribution in [-0.4, -0.2) is 20.9 Å². The van der Waals surface area contributed by atoms with Gasteiger partial charge in [0.1, 0.15) is 17.2 Å². The number of amides is 1. The molecule has 1 amide bonds. The molecule has 178 valence electrons. The van der Waals surface area contributed by atoms with Crippen LogP contribution < -0.4 is 19.5 Å². The van der Waals surface area contributed by atoms with Crippen molar-refractivity contribution in [2.45, 2.75) is 11.8 Å². The molecule has 0 unspecified atom stereocenters. The molecule has 0 aliphatic carbocycles. The highest BCUT2D eigenvalue weighted by Gasteiger charge is 2.15. The van der Waals surface area contributed by atoms with E-state index in [1.807, 2.05) is 49.4 Å². The third-order valence-electron chi connectivity index (χ3n) is 5.01. The standard InChI is InChI=1S/C27H24N2O5S/c1-20-7-5-6-10-26(20)29-35(31,32)25-17-15-22(16-18-25)33-19-27(30)28-21-11-13-24(14-12-21)34-23-8-3-2-4-9-23/h2-18,29H,19H2,1H3,(H,28,30). The van der Waals surface area contributed by atoms with E-state index in [0.29, 0.717) is 22.9 Å². The number of para-hydroxylation sites is 2. The van der Waals surface area contributed by atoms with Crippen LogP contribution in [0.4, 0.5) is 11.4 Å². The molecule has 0 radical (unpaired) electrons. The predicted molar refractivity (Wildman–Crippen MR) is 136 cm³/mol. The Kier molecular flexibility index (Phi) is 7.32. The number of benzene rings is 4. The van der Waals surface area contributed by atoms with E-state index in [9.17, 15) is 13.2 Å². The van der Waals surface area contributed by atoms with E-state index in [-0.39, 0.29) is 17.4 Å². The average Bonchev–Trinajstić information content (AvgIpc) is 2.86. The van der Waals surface area contributed by atoms with Gasteiger partial charge in [0.05, 0.1) is 10.6 Å². The van der Waals surface area contributed by atoms with Crippen molar-refractivity contribution in [3.05, 3.63) is 109 Å². The number of carbonyl (C=O) groups excluding carboxylic acids is 1. The number of nitrogens with one attached hydrogen (secondary N) is 2. The van der Waals surface area contributed by atoms with Crippen LogP contribution in [0.3, 0.4) is 0 Å². The molecule has 0 heterocycles. The molecule has 8 heteroatoms. The van der Waals surface area contributed by atoms with Crippen molar-refractivity contribution in [2.24, 2.45) is 0 Å². The minimum Gasteiger partial charge on any atom is -0.484 e. The fraction of sp³-hybridized carbons (Fsp3) is 0.0741. The van der Waals surface area contributed by atoms with Crippen LogP contribution in [0.25, 0.3) is 0 Å². The number of sulfonamides is 1. The van der Waals surface area contributed by atoms with Crippen molar-refractivity contribution >= 4 is 27.3 Å². The van der Waals surface area contributed by atoms with Gasteiger partial charge >= 0.3 is 0 Å². The molecule has 0 saturated heterocycles. The minimum absolute atomic E-state index is 0.0929. The highest BCUT2D eigenvalue weighted by atomic mass is 32.2. The van der Waals surface area contributed by atoms with Gasteiger partial charge < -0.3 is 14.8 Å². The first-order valence-corrected chi connectivity index (χ1v) is 12.3. The highest BCUT2D eigenvalue weighted by molar-refractivity contribution is 7.92. The number of ether oxygens (including phenoxy) is 2. The summed E-state index contributed by atoms with van der Waals surface area (Å²) in [6, 6.07) is 29.4. The van der Waals surface area contributed by atoms with E-state index in [2.05, 4.69) is 10.0 Å². The summed E-state index contributed by atoms with van der Waals surface area (Å²) in [7, 11) is -3.74. The monoisotopic (exact) mass is 488 g/mol. The summed E-state index contributed by atoms with van der Waals surface area (Å²) in [6.45, 7) is 1.60. The molecule has 7 nitrogen and oxygen atoms in total. The summed E-state index contributed by atoms with van der Waals surface area (Å²) < 4.78 is 39.1. The SMILES string of the molecule is Cc1ccccc1NS(=O)(=O)c1ccc(OCC(=O)Nc2ccc(Oc3ccccc3)cc2)cc1. The quantitative estimate of drug-likeness (QED) is 0.320. The molecule has 0 aliphatic rings. The zero-order chi connectivity index (χ0) is 24.7. The van der Waals surface area contributed by atoms with Gasteiger partial charge in [0.15, 0.2) is 6.61 Å². The minimum atomic E-state index is -3.74. The van der Waals surface area contributed by atoms with Gasteiger partial charge in [-0.2, -0.15) is 0 Å². The van der Waals surface area contributed by atoms with Crippen molar-refractivity contribution in [2.75, 3.05) is 16.6 Å². The smallest absolute Gasteiger partial charge is 0.262 e. The largest absolute Gasteiger partial charge is 0.484 e. The molecular formula is C27H24N2O5S. The molecule has 4 rings (SSSR count). The summed E-state index contributed by atoms with van der Waals surface area (Å²) in [5.41, 5.74) is 1.94.